The van der Waals surface area contributed by atoms with Crippen molar-refractivity contribution in [1.82, 2.24) is 4.31 Å². The zero-order valence-electron chi connectivity index (χ0n) is 16.0. The SMILES string of the molecule is COc1ccc(Cl)cc1NC(=O)c1ccc(Cl)c(S(=O)(=O)N2CCCCCC2)c1. The minimum atomic E-state index is -3.79. The van der Waals surface area contributed by atoms with E-state index < -0.39 is 15.9 Å². The van der Waals surface area contributed by atoms with Crippen molar-refractivity contribution in [3.8, 4) is 5.75 Å². The van der Waals surface area contributed by atoms with Crippen LogP contribution in [0.1, 0.15) is 36.0 Å². The molecule has 9 heteroatoms. The number of anilines is 1. The Bertz CT molecular complexity index is 1000. The summed E-state index contributed by atoms with van der Waals surface area (Å²) in [6.45, 7) is 0.906. The van der Waals surface area contributed by atoms with Gasteiger partial charge in [-0.25, -0.2) is 8.42 Å². The summed E-state index contributed by atoms with van der Waals surface area (Å²) >= 11 is 12.2. The number of sulfonamides is 1. The number of carbonyl (C=O) groups is 1. The first-order valence-corrected chi connectivity index (χ1v) is 11.5. The summed E-state index contributed by atoms with van der Waals surface area (Å²) in [6.07, 6.45) is 3.63. The fourth-order valence-corrected chi connectivity index (χ4v) is 5.43. The lowest BCUT2D eigenvalue weighted by molar-refractivity contribution is 0.102. The lowest BCUT2D eigenvalue weighted by Crippen LogP contribution is -2.32. The lowest BCUT2D eigenvalue weighted by atomic mass is 10.2. The van der Waals surface area contributed by atoms with Gasteiger partial charge in [-0.3, -0.25) is 4.79 Å². The number of nitrogens with zero attached hydrogens (tertiary/aromatic N) is 1. The maximum atomic E-state index is 13.1. The zero-order valence-corrected chi connectivity index (χ0v) is 18.3. The molecule has 0 radical (unpaired) electrons. The highest BCUT2D eigenvalue weighted by Gasteiger charge is 2.28. The Morgan fingerprint density at radius 2 is 1.72 bits per heavy atom. The highest BCUT2D eigenvalue weighted by Crippen LogP contribution is 2.30. The van der Waals surface area contributed by atoms with E-state index >= 15 is 0 Å². The summed E-state index contributed by atoms with van der Waals surface area (Å²) < 4.78 is 32.9. The van der Waals surface area contributed by atoms with Crippen LogP contribution in [0.4, 0.5) is 5.69 Å². The molecule has 1 heterocycles. The van der Waals surface area contributed by atoms with Crippen molar-refractivity contribution in [2.75, 3.05) is 25.5 Å². The van der Waals surface area contributed by atoms with E-state index in [4.69, 9.17) is 27.9 Å². The molecular weight excluding hydrogens is 435 g/mol. The lowest BCUT2D eigenvalue weighted by Gasteiger charge is -2.21. The van der Waals surface area contributed by atoms with Gasteiger partial charge in [-0.2, -0.15) is 4.31 Å². The second-order valence-corrected chi connectivity index (χ2v) is 9.51. The Kier molecular flexibility index (Phi) is 7.05. The molecule has 0 atom stereocenters. The van der Waals surface area contributed by atoms with Gasteiger partial charge in [-0.15, -0.1) is 0 Å². The third-order valence-corrected chi connectivity index (χ3v) is 7.40. The van der Waals surface area contributed by atoms with Crippen LogP contribution < -0.4 is 10.1 Å². The Hall–Kier alpha value is -1.80. The molecule has 1 saturated heterocycles. The van der Waals surface area contributed by atoms with E-state index in [9.17, 15) is 13.2 Å². The number of nitrogens with one attached hydrogen (secondary N) is 1. The normalized spacial score (nSPS) is 15.6. The molecule has 1 fully saturated rings. The third-order valence-electron chi connectivity index (χ3n) is 4.79. The first-order valence-electron chi connectivity index (χ1n) is 9.27. The molecule has 0 saturated carbocycles. The number of halogens is 2. The van der Waals surface area contributed by atoms with Crippen LogP contribution in [0.5, 0.6) is 5.75 Å². The maximum absolute atomic E-state index is 13.1. The number of benzene rings is 2. The standard InChI is InChI=1S/C20H22Cl2N2O4S/c1-28-18-9-7-15(21)13-17(18)23-20(25)14-6-8-16(22)19(12-14)29(26,27)24-10-4-2-3-5-11-24/h6-9,12-13H,2-5,10-11H2,1H3,(H,23,25). The van der Waals surface area contributed by atoms with Gasteiger partial charge in [0.15, 0.2) is 0 Å². The van der Waals surface area contributed by atoms with Crippen LogP contribution in [0.2, 0.25) is 10.0 Å². The maximum Gasteiger partial charge on any atom is 0.255 e. The number of hydrogen-bond donors (Lipinski definition) is 1. The second kappa shape index (κ2) is 9.34. The smallest absolute Gasteiger partial charge is 0.255 e. The Morgan fingerprint density at radius 3 is 2.38 bits per heavy atom. The first-order chi connectivity index (χ1) is 13.8. The molecule has 1 aliphatic rings. The highest BCUT2D eigenvalue weighted by molar-refractivity contribution is 7.89. The molecule has 1 N–H and O–H groups in total. The van der Waals surface area contributed by atoms with E-state index in [1.807, 2.05) is 0 Å². The van der Waals surface area contributed by atoms with Crippen molar-refractivity contribution < 1.29 is 17.9 Å². The van der Waals surface area contributed by atoms with Gasteiger partial charge in [0.25, 0.3) is 5.91 Å². The molecule has 29 heavy (non-hydrogen) atoms. The average molecular weight is 457 g/mol. The molecule has 0 aliphatic carbocycles. The molecule has 0 aromatic heterocycles. The van der Waals surface area contributed by atoms with E-state index in [0.717, 1.165) is 25.7 Å². The van der Waals surface area contributed by atoms with Gasteiger partial charge in [-0.05, 0) is 49.2 Å². The molecule has 3 rings (SSSR count). The quantitative estimate of drug-likeness (QED) is 0.699. The fourth-order valence-electron chi connectivity index (χ4n) is 3.24. The minimum absolute atomic E-state index is 0.0632. The predicted octanol–water partition coefficient (Wildman–Crippen LogP) is 4.82. The van der Waals surface area contributed by atoms with Crippen LogP contribution >= 0.6 is 23.2 Å². The third kappa shape index (κ3) is 5.04. The molecule has 2 aromatic carbocycles. The van der Waals surface area contributed by atoms with Crippen molar-refractivity contribution in [3.63, 3.8) is 0 Å². The van der Waals surface area contributed by atoms with Gasteiger partial charge in [0, 0.05) is 23.7 Å². The molecule has 156 valence electrons. The molecule has 0 unspecified atom stereocenters. The molecule has 0 spiro atoms. The molecular formula is C20H22Cl2N2O4S. The highest BCUT2D eigenvalue weighted by atomic mass is 35.5. The van der Waals surface area contributed by atoms with Crippen molar-refractivity contribution in [1.29, 1.82) is 0 Å². The predicted molar refractivity (Wildman–Crippen MR) is 115 cm³/mol. The van der Waals surface area contributed by atoms with E-state index in [0.29, 0.717) is 29.5 Å². The molecule has 2 aromatic rings. The van der Waals surface area contributed by atoms with E-state index in [1.54, 1.807) is 18.2 Å². The van der Waals surface area contributed by atoms with Gasteiger partial charge in [-0.1, -0.05) is 36.0 Å². The summed E-state index contributed by atoms with van der Waals surface area (Å²) in [5, 5.41) is 3.23. The van der Waals surface area contributed by atoms with Crippen molar-refractivity contribution in [2.24, 2.45) is 0 Å². The van der Waals surface area contributed by atoms with Crippen LogP contribution in [0.15, 0.2) is 41.3 Å². The van der Waals surface area contributed by atoms with Gasteiger partial charge in [0.05, 0.1) is 17.8 Å². The molecule has 0 bridgehead atoms. The van der Waals surface area contributed by atoms with Crippen LogP contribution in [-0.2, 0) is 10.0 Å². The second-order valence-electron chi connectivity index (χ2n) is 6.76. The number of carbonyl (C=O) groups excluding carboxylic acids is 1. The Balaban J connectivity index is 1.90. The zero-order chi connectivity index (χ0) is 21.0. The van der Waals surface area contributed by atoms with E-state index in [1.165, 1.54) is 29.6 Å². The van der Waals surface area contributed by atoms with Crippen molar-refractivity contribution >= 4 is 44.8 Å². The van der Waals surface area contributed by atoms with Gasteiger partial charge in [0.1, 0.15) is 10.6 Å². The minimum Gasteiger partial charge on any atom is -0.495 e. The summed E-state index contributed by atoms with van der Waals surface area (Å²) in [4.78, 5) is 12.7. The van der Waals surface area contributed by atoms with Crippen LogP contribution in [0.25, 0.3) is 0 Å². The number of ether oxygens (including phenoxy) is 1. The molecule has 1 aliphatic heterocycles. The molecule has 1 amide bonds. The van der Waals surface area contributed by atoms with Gasteiger partial charge in [0.2, 0.25) is 10.0 Å². The van der Waals surface area contributed by atoms with Crippen LogP contribution in [0.3, 0.4) is 0 Å². The number of amides is 1. The monoisotopic (exact) mass is 456 g/mol. The average Bonchev–Trinajstić information content (AvgIpc) is 2.98. The van der Waals surface area contributed by atoms with E-state index in [2.05, 4.69) is 5.32 Å². The number of hydrogen-bond acceptors (Lipinski definition) is 4. The molecule has 6 nitrogen and oxygen atoms in total. The first kappa shape index (κ1) is 21.9. The Labute approximate surface area is 180 Å². The van der Waals surface area contributed by atoms with E-state index in [-0.39, 0.29) is 15.5 Å². The van der Waals surface area contributed by atoms with Crippen LogP contribution in [0, 0.1) is 0 Å². The largest absolute Gasteiger partial charge is 0.495 e. The summed E-state index contributed by atoms with van der Waals surface area (Å²) in [7, 11) is -2.31. The van der Waals surface area contributed by atoms with Crippen molar-refractivity contribution in [2.45, 2.75) is 30.6 Å². The summed E-state index contributed by atoms with van der Waals surface area (Å²) in [5.74, 6) is -0.0522. The van der Waals surface area contributed by atoms with Crippen molar-refractivity contribution in [3.05, 3.63) is 52.0 Å². The van der Waals surface area contributed by atoms with Gasteiger partial charge >= 0.3 is 0 Å². The fraction of sp³-hybridized carbons (Fsp3) is 0.350. The summed E-state index contributed by atoms with van der Waals surface area (Å²) in [6, 6.07) is 9.06. The topological polar surface area (TPSA) is 75.7 Å². The van der Waals surface area contributed by atoms with Gasteiger partial charge < -0.3 is 10.1 Å². The number of methoxy groups -OCH3 is 1. The Morgan fingerprint density at radius 1 is 1.03 bits per heavy atom. The summed E-state index contributed by atoms with van der Waals surface area (Å²) in [5.41, 5.74) is 0.557. The number of rotatable bonds is 5. The van der Waals surface area contributed by atoms with Crippen LogP contribution in [-0.4, -0.2) is 38.8 Å².